The largest absolute Gasteiger partial charge is 0.316 e. The summed E-state index contributed by atoms with van der Waals surface area (Å²) in [6.07, 6.45) is 0.601. The second kappa shape index (κ2) is 8.04. The molecule has 112 valence electrons. The van der Waals surface area contributed by atoms with E-state index in [1.54, 1.807) is 23.9 Å². The molecule has 0 aliphatic rings. The van der Waals surface area contributed by atoms with Gasteiger partial charge in [-0.2, -0.15) is 0 Å². The Morgan fingerprint density at radius 3 is 2.43 bits per heavy atom. The van der Waals surface area contributed by atoms with Gasteiger partial charge in [0.05, 0.1) is 0 Å². The van der Waals surface area contributed by atoms with Crippen LogP contribution in [0.25, 0.3) is 0 Å². The Morgan fingerprint density at radius 2 is 1.76 bits per heavy atom. The number of rotatable bonds is 6. The van der Waals surface area contributed by atoms with Crippen molar-refractivity contribution in [1.82, 2.24) is 5.32 Å². The smallest absolute Gasteiger partial charge is 0.126 e. The summed E-state index contributed by atoms with van der Waals surface area (Å²) in [5.74, 6) is 0.625. The minimum atomic E-state index is -0.212. The van der Waals surface area contributed by atoms with Crippen molar-refractivity contribution < 1.29 is 4.39 Å². The number of hydrogen-bond acceptors (Lipinski definition) is 2. The summed E-state index contributed by atoms with van der Waals surface area (Å²) in [7, 11) is 1.88. The molecule has 0 spiro atoms. The molecule has 2 aromatic rings. The van der Waals surface area contributed by atoms with Crippen LogP contribution in [0.2, 0.25) is 10.0 Å². The van der Waals surface area contributed by atoms with Crippen molar-refractivity contribution in [2.75, 3.05) is 12.8 Å². The Balaban J connectivity index is 1.96. The van der Waals surface area contributed by atoms with Crippen LogP contribution >= 0.6 is 35.0 Å². The van der Waals surface area contributed by atoms with Gasteiger partial charge in [-0.15, -0.1) is 11.8 Å². The molecule has 1 N–H and O–H groups in total. The third-order valence-electron chi connectivity index (χ3n) is 3.15. The minimum Gasteiger partial charge on any atom is -0.316 e. The van der Waals surface area contributed by atoms with Crippen LogP contribution in [0, 0.1) is 5.82 Å². The highest BCUT2D eigenvalue weighted by molar-refractivity contribution is 7.99. The maximum absolute atomic E-state index is 13.8. The van der Waals surface area contributed by atoms with Crippen molar-refractivity contribution in [1.29, 1.82) is 0 Å². The topological polar surface area (TPSA) is 12.0 Å². The van der Waals surface area contributed by atoms with Crippen molar-refractivity contribution in [3.05, 3.63) is 63.9 Å². The fraction of sp³-hybridized carbons (Fsp3) is 0.250. The van der Waals surface area contributed by atoms with Gasteiger partial charge in [0.25, 0.3) is 0 Å². The lowest BCUT2D eigenvalue weighted by Gasteiger charge is -2.16. The van der Waals surface area contributed by atoms with Gasteiger partial charge >= 0.3 is 0 Å². The van der Waals surface area contributed by atoms with Crippen LogP contribution in [0.4, 0.5) is 4.39 Å². The quantitative estimate of drug-likeness (QED) is 0.736. The van der Waals surface area contributed by atoms with E-state index in [0.717, 1.165) is 15.7 Å². The van der Waals surface area contributed by atoms with Crippen molar-refractivity contribution in [3.8, 4) is 0 Å². The third-order valence-corrected chi connectivity index (χ3v) is 4.81. The van der Waals surface area contributed by atoms with Gasteiger partial charge in [0, 0.05) is 26.7 Å². The van der Waals surface area contributed by atoms with E-state index in [1.807, 2.05) is 31.3 Å². The molecule has 0 saturated heterocycles. The van der Waals surface area contributed by atoms with E-state index < -0.39 is 0 Å². The molecule has 0 bridgehead atoms. The number of thioether (sulfide) groups is 1. The number of benzene rings is 2. The van der Waals surface area contributed by atoms with E-state index in [4.69, 9.17) is 23.2 Å². The van der Waals surface area contributed by atoms with E-state index in [-0.39, 0.29) is 11.9 Å². The monoisotopic (exact) mass is 343 g/mol. The third kappa shape index (κ3) is 5.19. The standard InChI is InChI=1S/C16H16Cl2FNS/c1-20-14(9-11-8-13(18)4-7-16(11)19)10-21-15-5-2-12(17)3-6-15/h2-8,14,20H,9-10H2,1H3. The van der Waals surface area contributed by atoms with E-state index in [0.29, 0.717) is 17.0 Å². The van der Waals surface area contributed by atoms with E-state index in [2.05, 4.69) is 5.32 Å². The van der Waals surface area contributed by atoms with Crippen LogP contribution in [0.3, 0.4) is 0 Å². The zero-order valence-corrected chi connectivity index (χ0v) is 13.9. The molecule has 0 radical (unpaired) electrons. The molecular formula is C16H16Cl2FNS. The van der Waals surface area contributed by atoms with Crippen LogP contribution in [0.15, 0.2) is 47.4 Å². The summed E-state index contributed by atoms with van der Waals surface area (Å²) in [6, 6.07) is 12.5. The fourth-order valence-corrected chi connectivity index (χ4v) is 3.26. The lowest BCUT2D eigenvalue weighted by Crippen LogP contribution is -2.30. The predicted octanol–water partition coefficient (Wildman–Crippen LogP) is 5.06. The summed E-state index contributed by atoms with van der Waals surface area (Å²) >= 11 is 13.5. The van der Waals surface area contributed by atoms with E-state index in [1.165, 1.54) is 6.07 Å². The molecule has 0 heterocycles. The molecule has 0 amide bonds. The van der Waals surface area contributed by atoms with Crippen molar-refractivity contribution >= 4 is 35.0 Å². The summed E-state index contributed by atoms with van der Waals surface area (Å²) in [5, 5.41) is 4.51. The molecule has 1 atom stereocenters. The molecule has 1 unspecified atom stereocenters. The van der Waals surface area contributed by atoms with E-state index >= 15 is 0 Å². The van der Waals surface area contributed by atoms with Crippen molar-refractivity contribution in [2.45, 2.75) is 17.4 Å². The first-order valence-electron chi connectivity index (χ1n) is 6.58. The fourth-order valence-electron chi connectivity index (χ4n) is 1.94. The van der Waals surface area contributed by atoms with Crippen LogP contribution in [-0.4, -0.2) is 18.8 Å². The highest BCUT2D eigenvalue weighted by Crippen LogP contribution is 2.23. The zero-order valence-electron chi connectivity index (χ0n) is 11.6. The zero-order chi connectivity index (χ0) is 15.2. The average molecular weight is 344 g/mol. The molecule has 0 aliphatic heterocycles. The van der Waals surface area contributed by atoms with Gasteiger partial charge in [0.2, 0.25) is 0 Å². The average Bonchev–Trinajstić information content (AvgIpc) is 2.48. The highest BCUT2D eigenvalue weighted by atomic mass is 35.5. The van der Waals surface area contributed by atoms with Gasteiger partial charge in [-0.3, -0.25) is 0 Å². The van der Waals surface area contributed by atoms with E-state index in [9.17, 15) is 4.39 Å². The number of nitrogens with one attached hydrogen (secondary N) is 1. The van der Waals surface area contributed by atoms with Gasteiger partial charge in [-0.1, -0.05) is 23.2 Å². The first-order chi connectivity index (χ1) is 10.1. The first kappa shape index (κ1) is 16.6. The number of likely N-dealkylation sites (N-methyl/N-ethyl adjacent to an activating group) is 1. The number of halogens is 3. The van der Waals surface area contributed by atoms with Crippen molar-refractivity contribution in [3.63, 3.8) is 0 Å². The normalized spacial score (nSPS) is 12.4. The van der Waals surface area contributed by atoms with Crippen LogP contribution < -0.4 is 5.32 Å². The molecule has 2 aromatic carbocycles. The van der Waals surface area contributed by atoms with Gasteiger partial charge in [-0.25, -0.2) is 4.39 Å². The lowest BCUT2D eigenvalue weighted by molar-refractivity contribution is 0.568. The molecule has 0 saturated carbocycles. The van der Waals surface area contributed by atoms with Crippen molar-refractivity contribution in [2.24, 2.45) is 0 Å². The van der Waals surface area contributed by atoms with Crippen LogP contribution in [-0.2, 0) is 6.42 Å². The van der Waals surface area contributed by atoms with Crippen LogP contribution in [0.5, 0.6) is 0 Å². The molecule has 0 fully saturated rings. The Kier molecular flexibility index (Phi) is 6.37. The first-order valence-corrected chi connectivity index (χ1v) is 8.32. The Hall–Kier alpha value is -0.740. The van der Waals surface area contributed by atoms with Gasteiger partial charge in [0.15, 0.2) is 0 Å². The maximum Gasteiger partial charge on any atom is 0.126 e. The second-order valence-electron chi connectivity index (χ2n) is 4.69. The Labute approximate surface area is 138 Å². The highest BCUT2D eigenvalue weighted by Gasteiger charge is 2.12. The summed E-state index contributed by atoms with van der Waals surface area (Å²) in [5.41, 5.74) is 0.638. The Bertz CT molecular complexity index is 589. The summed E-state index contributed by atoms with van der Waals surface area (Å²) in [6.45, 7) is 0. The summed E-state index contributed by atoms with van der Waals surface area (Å²) in [4.78, 5) is 1.14. The SMILES string of the molecule is CNC(CSc1ccc(Cl)cc1)Cc1cc(Cl)ccc1F. The maximum atomic E-state index is 13.8. The number of hydrogen-bond donors (Lipinski definition) is 1. The lowest BCUT2D eigenvalue weighted by atomic mass is 10.1. The molecule has 1 nitrogen and oxygen atoms in total. The molecule has 0 aromatic heterocycles. The molecule has 21 heavy (non-hydrogen) atoms. The minimum absolute atomic E-state index is 0.165. The van der Waals surface area contributed by atoms with Crippen LogP contribution in [0.1, 0.15) is 5.56 Å². The summed E-state index contributed by atoms with van der Waals surface area (Å²) < 4.78 is 13.8. The Morgan fingerprint density at radius 1 is 1.10 bits per heavy atom. The van der Waals surface area contributed by atoms with Gasteiger partial charge in [-0.05, 0) is 61.5 Å². The predicted molar refractivity (Wildman–Crippen MR) is 90.1 cm³/mol. The molecule has 2 rings (SSSR count). The molecule has 5 heteroatoms. The van der Waals surface area contributed by atoms with Gasteiger partial charge in [0.1, 0.15) is 5.82 Å². The van der Waals surface area contributed by atoms with Gasteiger partial charge < -0.3 is 5.32 Å². The molecular weight excluding hydrogens is 328 g/mol. The molecule has 0 aliphatic carbocycles. The second-order valence-corrected chi connectivity index (χ2v) is 6.66.